The lowest BCUT2D eigenvalue weighted by atomic mass is 10.2. The molecule has 0 aromatic heterocycles. The molecule has 1 aliphatic rings. The molecule has 0 saturated carbocycles. The van der Waals surface area contributed by atoms with Gasteiger partial charge in [0.1, 0.15) is 6.61 Å². The summed E-state index contributed by atoms with van der Waals surface area (Å²) >= 11 is 0. The fraction of sp³-hybridized carbons (Fsp3) is 0.467. The number of rotatable bonds is 5. The van der Waals surface area contributed by atoms with Crippen LogP contribution in [-0.4, -0.2) is 31.1 Å². The van der Waals surface area contributed by atoms with E-state index >= 15 is 0 Å². The second kappa shape index (κ2) is 6.52. The highest BCUT2D eigenvalue weighted by molar-refractivity contribution is 6.02. The van der Waals surface area contributed by atoms with Crippen molar-refractivity contribution in [2.45, 2.75) is 32.8 Å². The molecule has 1 aromatic carbocycles. The number of nitrogens with zero attached hydrogens (tertiary/aromatic N) is 1. The van der Waals surface area contributed by atoms with E-state index in [1.54, 1.807) is 11.0 Å². The topological polar surface area (TPSA) is 58.6 Å². The zero-order valence-electron chi connectivity index (χ0n) is 11.9. The van der Waals surface area contributed by atoms with Crippen molar-refractivity contribution in [1.29, 1.82) is 0 Å². The van der Waals surface area contributed by atoms with Crippen LogP contribution in [-0.2, 0) is 14.3 Å². The lowest BCUT2D eigenvalue weighted by Crippen LogP contribution is -2.26. The number of carbonyl (C=O) groups is 2. The molecule has 0 unspecified atom stereocenters. The lowest BCUT2D eigenvalue weighted by molar-refractivity contribution is -0.122. The molecule has 1 aromatic rings. The second-order valence-corrected chi connectivity index (χ2v) is 5.07. The predicted molar refractivity (Wildman–Crippen MR) is 77.7 cm³/mol. The van der Waals surface area contributed by atoms with Gasteiger partial charge in [0.15, 0.2) is 0 Å². The predicted octanol–water partition coefficient (Wildman–Crippen LogP) is 2.18. The third-order valence-electron chi connectivity index (χ3n) is 3.09. The maximum atomic E-state index is 11.8. The SMILES string of the molecule is CC(C)OCC(=O)Nc1ccccc1N1CCCC1=O. The summed E-state index contributed by atoms with van der Waals surface area (Å²) in [6, 6.07) is 7.35. The third kappa shape index (κ3) is 3.57. The summed E-state index contributed by atoms with van der Waals surface area (Å²) in [6.07, 6.45) is 1.44. The molecular weight excluding hydrogens is 256 g/mol. The van der Waals surface area contributed by atoms with Gasteiger partial charge in [-0.3, -0.25) is 9.59 Å². The molecule has 108 valence electrons. The average molecular weight is 276 g/mol. The van der Waals surface area contributed by atoms with Crippen molar-refractivity contribution >= 4 is 23.2 Å². The summed E-state index contributed by atoms with van der Waals surface area (Å²) in [5.41, 5.74) is 1.41. The Labute approximate surface area is 118 Å². The molecule has 1 heterocycles. The van der Waals surface area contributed by atoms with E-state index in [1.165, 1.54) is 0 Å². The number of hydrogen-bond acceptors (Lipinski definition) is 3. The highest BCUT2D eigenvalue weighted by Crippen LogP contribution is 2.29. The van der Waals surface area contributed by atoms with Gasteiger partial charge in [-0.15, -0.1) is 0 Å². The van der Waals surface area contributed by atoms with Crippen molar-refractivity contribution in [1.82, 2.24) is 0 Å². The van der Waals surface area contributed by atoms with E-state index in [0.29, 0.717) is 18.7 Å². The van der Waals surface area contributed by atoms with E-state index in [1.807, 2.05) is 32.0 Å². The molecule has 2 rings (SSSR count). The van der Waals surface area contributed by atoms with E-state index in [2.05, 4.69) is 5.32 Å². The summed E-state index contributed by atoms with van der Waals surface area (Å²) in [5.74, 6) is -0.108. The van der Waals surface area contributed by atoms with Gasteiger partial charge in [0.25, 0.3) is 0 Å². The highest BCUT2D eigenvalue weighted by atomic mass is 16.5. The largest absolute Gasteiger partial charge is 0.369 e. The maximum Gasteiger partial charge on any atom is 0.250 e. The molecule has 0 atom stereocenters. The minimum Gasteiger partial charge on any atom is -0.369 e. The van der Waals surface area contributed by atoms with Crippen molar-refractivity contribution < 1.29 is 14.3 Å². The molecule has 20 heavy (non-hydrogen) atoms. The van der Waals surface area contributed by atoms with Crippen LogP contribution in [0.5, 0.6) is 0 Å². The van der Waals surface area contributed by atoms with Gasteiger partial charge in [-0.2, -0.15) is 0 Å². The Hall–Kier alpha value is -1.88. The Morgan fingerprint density at radius 3 is 2.80 bits per heavy atom. The van der Waals surface area contributed by atoms with E-state index in [9.17, 15) is 9.59 Å². The Morgan fingerprint density at radius 2 is 2.15 bits per heavy atom. The Bertz CT molecular complexity index is 500. The maximum absolute atomic E-state index is 11.8. The minimum atomic E-state index is -0.210. The minimum absolute atomic E-state index is 0.0103. The average Bonchev–Trinajstić information content (AvgIpc) is 2.83. The van der Waals surface area contributed by atoms with Gasteiger partial charge in [-0.1, -0.05) is 12.1 Å². The molecule has 0 radical (unpaired) electrons. The molecular formula is C15H20N2O3. The summed E-state index contributed by atoms with van der Waals surface area (Å²) < 4.78 is 5.27. The number of para-hydroxylation sites is 2. The summed E-state index contributed by atoms with van der Waals surface area (Å²) in [6.45, 7) is 4.47. The molecule has 5 heteroatoms. The van der Waals surface area contributed by atoms with Crippen molar-refractivity contribution in [2.75, 3.05) is 23.4 Å². The van der Waals surface area contributed by atoms with Crippen LogP contribution in [0.3, 0.4) is 0 Å². The third-order valence-corrected chi connectivity index (χ3v) is 3.09. The van der Waals surface area contributed by atoms with Crippen molar-refractivity contribution in [3.63, 3.8) is 0 Å². The first-order valence-corrected chi connectivity index (χ1v) is 6.89. The standard InChI is InChI=1S/C15H20N2O3/c1-11(2)20-10-14(18)16-12-6-3-4-7-13(12)17-9-5-8-15(17)19/h3-4,6-7,11H,5,8-10H2,1-2H3,(H,16,18). The quantitative estimate of drug-likeness (QED) is 0.896. The number of ether oxygens (including phenoxy) is 1. The van der Waals surface area contributed by atoms with Gasteiger partial charge in [-0.25, -0.2) is 0 Å². The summed E-state index contributed by atoms with van der Waals surface area (Å²) in [7, 11) is 0. The van der Waals surface area contributed by atoms with Crippen LogP contribution in [0.2, 0.25) is 0 Å². The van der Waals surface area contributed by atoms with E-state index in [-0.39, 0.29) is 24.5 Å². The molecule has 0 aliphatic carbocycles. The van der Waals surface area contributed by atoms with Crippen LogP contribution >= 0.6 is 0 Å². The number of nitrogens with one attached hydrogen (secondary N) is 1. The normalized spacial score (nSPS) is 14.9. The van der Waals surface area contributed by atoms with Gasteiger partial charge in [-0.05, 0) is 32.4 Å². The monoisotopic (exact) mass is 276 g/mol. The van der Waals surface area contributed by atoms with Gasteiger partial charge in [0.2, 0.25) is 11.8 Å². The number of amides is 2. The zero-order chi connectivity index (χ0) is 14.5. The van der Waals surface area contributed by atoms with Crippen molar-refractivity contribution in [3.8, 4) is 0 Å². The Balaban J connectivity index is 2.08. The van der Waals surface area contributed by atoms with Gasteiger partial charge in [0.05, 0.1) is 17.5 Å². The van der Waals surface area contributed by atoms with Gasteiger partial charge in [0, 0.05) is 13.0 Å². The molecule has 0 spiro atoms. The number of benzene rings is 1. The summed E-state index contributed by atoms with van der Waals surface area (Å²) in [5, 5.41) is 2.81. The second-order valence-electron chi connectivity index (χ2n) is 5.07. The highest BCUT2D eigenvalue weighted by Gasteiger charge is 2.24. The lowest BCUT2D eigenvalue weighted by Gasteiger charge is -2.20. The van der Waals surface area contributed by atoms with E-state index in [0.717, 1.165) is 12.1 Å². The smallest absolute Gasteiger partial charge is 0.250 e. The number of anilines is 2. The molecule has 1 aliphatic heterocycles. The van der Waals surface area contributed by atoms with E-state index in [4.69, 9.17) is 4.74 Å². The van der Waals surface area contributed by atoms with E-state index < -0.39 is 0 Å². The Morgan fingerprint density at radius 1 is 1.40 bits per heavy atom. The zero-order valence-corrected chi connectivity index (χ0v) is 11.9. The van der Waals surface area contributed by atoms with Crippen molar-refractivity contribution in [3.05, 3.63) is 24.3 Å². The molecule has 1 fully saturated rings. The van der Waals surface area contributed by atoms with Crippen molar-refractivity contribution in [2.24, 2.45) is 0 Å². The van der Waals surface area contributed by atoms with Crippen LogP contribution in [0, 0.1) is 0 Å². The fourth-order valence-electron chi connectivity index (χ4n) is 2.15. The van der Waals surface area contributed by atoms with Crippen LogP contribution in [0.4, 0.5) is 11.4 Å². The molecule has 5 nitrogen and oxygen atoms in total. The first-order chi connectivity index (χ1) is 9.58. The number of carbonyl (C=O) groups excluding carboxylic acids is 2. The summed E-state index contributed by atoms with van der Waals surface area (Å²) in [4.78, 5) is 25.4. The first kappa shape index (κ1) is 14.5. The van der Waals surface area contributed by atoms with Gasteiger partial charge >= 0.3 is 0 Å². The van der Waals surface area contributed by atoms with Crippen LogP contribution < -0.4 is 10.2 Å². The molecule has 1 N–H and O–H groups in total. The molecule has 0 bridgehead atoms. The van der Waals surface area contributed by atoms with Gasteiger partial charge < -0.3 is 15.0 Å². The Kier molecular flexibility index (Phi) is 4.74. The van der Waals surface area contributed by atoms with Crippen LogP contribution in [0.25, 0.3) is 0 Å². The molecule has 2 amide bonds. The molecule has 1 saturated heterocycles. The number of hydrogen-bond donors (Lipinski definition) is 1. The first-order valence-electron chi connectivity index (χ1n) is 6.89. The fourth-order valence-corrected chi connectivity index (χ4v) is 2.15. The van der Waals surface area contributed by atoms with Crippen LogP contribution in [0.15, 0.2) is 24.3 Å². The van der Waals surface area contributed by atoms with Crippen LogP contribution in [0.1, 0.15) is 26.7 Å².